The molecule has 20 heavy (non-hydrogen) atoms. The van der Waals surface area contributed by atoms with Crippen molar-refractivity contribution in [2.45, 2.75) is 11.3 Å². The fraction of sp³-hybridized carbons (Fsp3) is 0.133. The Labute approximate surface area is 117 Å². The molecule has 0 aliphatic rings. The molecule has 3 rings (SSSR count). The van der Waals surface area contributed by atoms with E-state index in [0.29, 0.717) is 11.3 Å². The number of aromatic nitrogens is 2. The van der Waals surface area contributed by atoms with Gasteiger partial charge in [-0.1, -0.05) is 24.3 Å². The highest BCUT2D eigenvalue weighted by Gasteiger charge is 2.07. The van der Waals surface area contributed by atoms with Crippen LogP contribution < -0.4 is 0 Å². The second kappa shape index (κ2) is 4.76. The van der Waals surface area contributed by atoms with Crippen molar-refractivity contribution in [1.29, 1.82) is 0 Å². The molecule has 1 heterocycles. The van der Waals surface area contributed by atoms with Crippen LogP contribution in [0.2, 0.25) is 0 Å². The zero-order valence-corrected chi connectivity index (χ0v) is 11.8. The number of aromatic amines is 1. The summed E-state index contributed by atoms with van der Waals surface area (Å²) in [6, 6.07) is 14.8. The lowest BCUT2D eigenvalue weighted by atomic mass is 10.1. The second-order valence-electron chi connectivity index (χ2n) is 4.79. The number of para-hydroxylation sites is 2. The molecule has 0 spiro atoms. The summed E-state index contributed by atoms with van der Waals surface area (Å²) in [6.45, 7) is 0. The number of hydrogen-bond acceptors (Lipinski definition) is 3. The van der Waals surface area contributed by atoms with Crippen LogP contribution in [0.3, 0.4) is 0 Å². The molecule has 0 aliphatic carbocycles. The second-order valence-corrected chi connectivity index (χ2v) is 6.81. The van der Waals surface area contributed by atoms with E-state index in [1.54, 1.807) is 12.1 Å². The molecular formula is C15H14N2O2S. The molecule has 0 saturated heterocycles. The minimum atomic E-state index is -3.14. The van der Waals surface area contributed by atoms with Crippen LogP contribution in [0, 0.1) is 0 Å². The van der Waals surface area contributed by atoms with E-state index in [2.05, 4.69) is 9.97 Å². The Hall–Kier alpha value is -2.14. The van der Waals surface area contributed by atoms with Crippen LogP contribution in [0.5, 0.6) is 0 Å². The summed E-state index contributed by atoms with van der Waals surface area (Å²) < 4.78 is 22.8. The Morgan fingerprint density at radius 2 is 1.75 bits per heavy atom. The molecule has 0 amide bonds. The standard InChI is InChI=1S/C15H14N2O2S/c1-20(18,19)12-8-6-11(7-9-12)10-15-16-13-4-2-3-5-14(13)17-15/h2-9H,10H2,1H3,(H,16,17). The Kier molecular flexibility index (Phi) is 3.06. The van der Waals surface area contributed by atoms with Crippen LogP contribution in [-0.4, -0.2) is 24.6 Å². The Morgan fingerprint density at radius 3 is 2.40 bits per heavy atom. The molecule has 1 aromatic heterocycles. The molecule has 0 radical (unpaired) electrons. The number of sulfone groups is 1. The van der Waals surface area contributed by atoms with Gasteiger partial charge in [-0.25, -0.2) is 13.4 Å². The molecule has 0 unspecified atom stereocenters. The largest absolute Gasteiger partial charge is 0.342 e. The molecule has 0 bridgehead atoms. The number of nitrogens with one attached hydrogen (secondary N) is 1. The van der Waals surface area contributed by atoms with E-state index in [-0.39, 0.29) is 0 Å². The highest BCUT2D eigenvalue weighted by Crippen LogP contribution is 2.15. The van der Waals surface area contributed by atoms with Crippen LogP contribution in [-0.2, 0) is 16.3 Å². The maximum Gasteiger partial charge on any atom is 0.175 e. The summed E-state index contributed by atoms with van der Waals surface area (Å²) in [7, 11) is -3.14. The van der Waals surface area contributed by atoms with Crippen LogP contribution in [0.15, 0.2) is 53.4 Å². The van der Waals surface area contributed by atoms with Crippen molar-refractivity contribution < 1.29 is 8.42 Å². The lowest BCUT2D eigenvalue weighted by Gasteiger charge is -2.01. The average molecular weight is 286 g/mol. The van der Waals surface area contributed by atoms with Gasteiger partial charge in [-0.15, -0.1) is 0 Å². The minimum Gasteiger partial charge on any atom is -0.342 e. The zero-order valence-electron chi connectivity index (χ0n) is 11.0. The van der Waals surface area contributed by atoms with E-state index in [1.165, 1.54) is 6.26 Å². The first-order chi connectivity index (χ1) is 9.52. The normalized spacial score (nSPS) is 11.8. The van der Waals surface area contributed by atoms with Gasteiger partial charge >= 0.3 is 0 Å². The minimum absolute atomic E-state index is 0.339. The molecule has 3 aromatic rings. The van der Waals surface area contributed by atoms with Gasteiger partial charge < -0.3 is 4.98 Å². The molecule has 0 fully saturated rings. The monoisotopic (exact) mass is 286 g/mol. The number of nitrogens with zero attached hydrogens (tertiary/aromatic N) is 1. The van der Waals surface area contributed by atoms with Gasteiger partial charge in [-0.2, -0.15) is 0 Å². The van der Waals surface area contributed by atoms with E-state index < -0.39 is 9.84 Å². The van der Waals surface area contributed by atoms with Crippen LogP contribution >= 0.6 is 0 Å². The zero-order chi connectivity index (χ0) is 14.2. The van der Waals surface area contributed by atoms with Gasteiger partial charge in [0.1, 0.15) is 5.82 Å². The lowest BCUT2D eigenvalue weighted by molar-refractivity contribution is 0.602. The van der Waals surface area contributed by atoms with Gasteiger partial charge in [0.2, 0.25) is 0 Å². The van der Waals surface area contributed by atoms with Gasteiger partial charge in [-0.05, 0) is 29.8 Å². The molecular weight excluding hydrogens is 272 g/mol. The third-order valence-electron chi connectivity index (χ3n) is 3.16. The van der Waals surface area contributed by atoms with E-state index in [9.17, 15) is 8.42 Å². The maximum absolute atomic E-state index is 11.4. The first kappa shape index (κ1) is 12.9. The van der Waals surface area contributed by atoms with E-state index in [4.69, 9.17) is 0 Å². The van der Waals surface area contributed by atoms with Crippen molar-refractivity contribution in [1.82, 2.24) is 9.97 Å². The van der Waals surface area contributed by atoms with Gasteiger partial charge in [0.05, 0.1) is 15.9 Å². The number of hydrogen-bond donors (Lipinski definition) is 1. The highest BCUT2D eigenvalue weighted by atomic mass is 32.2. The molecule has 0 saturated carbocycles. The molecule has 5 heteroatoms. The van der Waals surface area contributed by atoms with Crippen molar-refractivity contribution >= 4 is 20.9 Å². The molecule has 0 atom stereocenters. The van der Waals surface area contributed by atoms with Gasteiger partial charge in [0, 0.05) is 12.7 Å². The van der Waals surface area contributed by atoms with Crippen LogP contribution in [0.25, 0.3) is 11.0 Å². The molecule has 4 nitrogen and oxygen atoms in total. The number of imidazole rings is 1. The first-order valence-electron chi connectivity index (χ1n) is 6.25. The molecule has 102 valence electrons. The number of benzene rings is 2. The van der Waals surface area contributed by atoms with Crippen molar-refractivity contribution in [3.05, 3.63) is 59.9 Å². The van der Waals surface area contributed by atoms with E-state index >= 15 is 0 Å². The SMILES string of the molecule is CS(=O)(=O)c1ccc(Cc2nc3ccccc3[nH]2)cc1. The molecule has 0 aliphatic heterocycles. The van der Waals surface area contributed by atoms with Crippen LogP contribution in [0.1, 0.15) is 11.4 Å². The number of fused-ring (bicyclic) bond motifs is 1. The molecule has 2 aromatic carbocycles. The van der Waals surface area contributed by atoms with Gasteiger partial charge in [0.15, 0.2) is 9.84 Å². The van der Waals surface area contributed by atoms with Crippen molar-refractivity contribution in [3.8, 4) is 0 Å². The third kappa shape index (κ3) is 2.58. The van der Waals surface area contributed by atoms with Crippen molar-refractivity contribution in [3.63, 3.8) is 0 Å². The average Bonchev–Trinajstić information content (AvgIpc) is 2.80. The lowest BCUT2D eigenvalue weighted by Crippen LogP contribution is -1.97. The summed E-state index contributed by atoms with van der Waals surface area (Å²) >= 11 is 0. The predicted octanol–water partition coefficient (Wildman–Crippen LogP) is 2.56. The van der Waals surface area contributed by atoms with Gasteiger partial charge in [0.25, 0.3) is 0 Å². The van der Waals surface area contributed by atoms with Gasteiger partial charge in [-0.3, -0.25) is 0 Å². The molecule has 1 N–H and O–H groups in total. The quantitative estimate of drug-likeness (QED) is 0.805. The van der Waals surface area contributed by atoms with Crippen molar-refractivity contribution in [2.24, 2.45) is 0 Å². The highest BCUT2D eigenvalue weighted by molar-refractivity contribution is 7.90. The predicted molar refractivity (Wildman–Crippen MR) is 78.5 cm³/mol. The number of rotatable bonds is 3. The maximum atomic E-state index is 11.4. The van der Waals surface area contributed by atoms with E-state index in [1.807, 2.05) is 36.4 Å². The Balaban J connectivity index is 1.87. The summed E-state index contributed by atoms with van der Waals surface area (Å²) in [5.41, 5.74) is 2.97. The Bertz CT molecular complexity index is 816. The topological polar surface area (TPSA) is 62.8 Å². The van der Waals surface area contributed by atoms with Crippen LogP contribution in [0.4, 0.5) is 0 Å². The summed E-state index contributed by atoms with van der Waals surface area (Å²) in [5, 5.41) is 0. The van der Waals surface area contributed by atoms with E-state index in [0.717, 1.165) is 22.4 Å². The summed E-state index contributed by atoms with van der Waals surface area (Å²) in [5.74, 6) is 0.873. The third-order valence-corrected chi connectivity index (χ3v) is 4.29. The fourth-order valence-corrected chi connectivity index (χ4v) is 2.77. The fourth-order valence-electron chi connectivity index (χ4n) is 2.14. The number of H-pyrrole nitrogens is 1. The summed E-state index contributed by atoms with van der Waals surface area (Å²) in [6.07, 6.45) is 1.86. The Morgan fingerprint density at radius 1 is 1.05 bits per heavy atom. The first-order valence-corrected chi connectivity index (χ1v) is 8.14. The smallest absolute Gasteiger partial charge is 0.175 e. The van der Waals surface area contributed by atoms with Crippen molar-refractivity contribution in [2.75, 3.05) is 6.26 Å². The summed E-state index contributed by atoms with van der Waals surface area (Å²) in [4.78, 5) is 8.10.